The maximum absolute atomic E-state index is 13.6. The molecule has 100 valence electrons. The number of hydrogen-bond donors (Lipinski definition) is 0. The van der Waals surface area contributed by atoms with Crippen molar-refractivity contribution >= 4 is 23.2 Å². The van der Waals surface area contributed by atoms with Crippen LogP contribution in [0.25, 0.3) is 0 Å². The molecule has 0 N–H and O–H groups in total. The summed E-state index contributed by atoms with van der Waals surface area (Å²) in [7, 11) is 0. The van der Waals surface area contributed by atoms with Gasteiger partial charge in [-0.05, 0) is 24.1 Å². The Balaban J connectivity index is 2.28. The standard InChI is InChI=1S/C14H9Cl2F3/c15-10-4-2-1-3-8(10)5-11(16)9-6-13(18)14(19)7-12(9)17/h1-4,6-7,11H,5H2. The van der Waals surface area contributed by atoms with E-state index >= 15 is 0 Å². The number of benzene rings is 2. The molecule has 0 radical (unpaired) electrons. The average molecular weight is 305 g/mol. The molecule has 0 aliphatic rings. The van der Waals surface area contributed by atoms with Gasteiger partial charge in [-0.1, -0.05) is 29.8 Å². The third-order valence-corrected chi connectivity index (χ3v) is 3.49. The molecule has 0 aliphatic carbocycles. The van der Waals surface area contributed by atoms with E-state index in [-0.39, 0.29) is 12.0 Å². The lowest BCUT2D eigenvalue weighted by molar-refractivity contribution is 0.489. The molecule has 0 amide bonds. The normalized spacial score (nSPS) is 12.5. The van der Waals surface area contributed by atoms with Crippen molar-refractivity contribution < 1.29 is 13.2 Å². The van der Waals surface area contributed by atoms with Crippen molar-refractivity contribution in [2.24, 2.45) is 0 Å². The molecule has 0 aliphatic heterocycles. The molecule has 0 spiro atoms. The topological polar surface area (TPSA) is 0 Å². The monoisotopic (exact) mass is 304 g/mol. The molecule has 2 aromatic carbocycles. The summed E-state index contributed by atoms with van der Waals surface area (Å²) < 4.78 is 39.5. The quantitative estimate of drug-likeness (QED) is 0.534. The van der Waals surface area contributed by atoms with Gasteiger partial charge in [-0.25, -0.2) is 13.2 Å². The maximum Gasteiger partial charge on any atom is 0.161 e. The van der Waals surface area contributed by atoms with E-state index < -0.39 is 22.8 Å². The third kappa shape index (κ3) is 3.23. The Morgan fingerprint density at radius 3 is 2.26 bits per heavy atom. The average Bonchev–Trinajstić information content (AvgIpc) is 2.36. The van der Waals surface area contributed by atoms with Crippen LogP contribution in [-0.4, -0.2) is 0 Å². The highest BCUT2D eigenvalue weighted by Crippen LogP contribution is 2.30. The zero-order chi connectivity index (χ0) is 14.0. The van der Waals surface area contributed by atoms with E-state index in [0.29, 0.717) is 16.7 Å². The Bertz CT molecular complexity index is 599. The van der Waals surface area contributed by atoms with Gasteiger partial charge >= 0.3 is 0 Å². The van der Waals surface area contributed by atoms with Crippen molar-refractivity contribution in [1.29, 1.82) is 0 Å². The van der Waals surface area contributed by atoms with Gasteiger partial charge in [0, 0.05) is 16.7 Å². The first-order valence-electron chi connectivity index (χ1n) is 5.51. The van der Waals surface area contributed by atoms with Crippen molar-refractivity contribution in [3.8, 4) is 0 Å². The largest absolute Gasteiger partial charge is 0.207 e. The highest BCUT2D eigenvalue weighted by atomic mass is 35.5. The second-order valence-electron chi connectivity index (χ2n) is 4.05. The summed E-state index contributed by atoms with van der Waals surface area (Å²) in [6.07, 6.45) is 0.225. The molecular formula is C14H9Cl2F3. The van der Waals surface area contributed by atoms with Gasteiger partial charge in [-0.3, -0.25) is 0 Å². The Hall–Kier alpha value is -1.19. The van der Waals surface area contributed by atoms with Crippen LogP contribution in [0.4, 0.5) is 13.2 Å². The number of halogens is 5. The highest BCUT2D eigenvalue weighted by molar-refractivity contribution is 6.31. The summed E-state index contributed by atoms with van der Waals surface area (Å²) >= 11 is 12.0. The minimum Gasteiger partial charge on any atom is -0.207 e. The van der Waals surface area contributed by atoms with E-state index in [1.807, 2.05) is 0 Å². The molecule has 0 nitrogen and oxygen atoms in total. The first kappa shape index (κ1) is 14.2. The molecule has 1 unspecified atom stereocenters. The van der Waals surface area contributed by atoms with E-state index in [1.54, 1.807) is 24.3 Å². The molecule has 5 heteroatoms. The van der Waals surface area contributed by atoms with Gasteiger partial charge in [-0.2, -0.15) is 0 Å². The van der Waals surface area contributed by atoms with E-state index in [2.05, 4.69) is 0 Å². The van der Waals surface area contributed by atoms with E-state index in [0.717, 1.165) is 6.07 Å². The van der Waals surface area contributed by atoms with Gasteiger partial charge in [0.25, 0.3) is 0 Å². The van der Waals surface area contributed by atoms with Crippen LogP contribution in [0.5, 0.6) is 0 Å². The van der Waals surface area contributed by atoms with Crippen LogP contribution in [0.1, 0.15) is 16.5 Å². The van der Waals surface area contributed by atoms with Gasteiger partial charge in [0.15, 0.2) is 11.6 Å². The van der Waals surface area contributed by atoms with Crippen LogP contribution < -0.4 is 0 Å². The minimum atomic E-state index is -1.23. The molecule has 0 heterocycles. The van der Waals surface area contributed by atoms with Gasteiger partial charge in [0.2, 0.25) is 0 Å². The summed E-state index contributed by atoms with van der Waals surface area (Å²) in [4.78, 5) is 0. The van der Waals surface area contributed by atoms with Crippen LogP contribution in [0.2, 0.25) is 5.02 Å². The van der Waals surface area contributed by atoms with Gasteiger partial charge in [0.1, 0.15) is 5.82 Å². The molecule has 0 fully saturated rings. The van der Waals surface area contributed by atoms with Gasteiger partial charge in [-0.15, -0.1) is 11.6 Å². The minimum absolute atomic E-state index is 0.0829. The summed E-state index contributed by atoms with van der Waals surface area (Å²) in [5, 5.41) is -0.328. The SMILES string of the molecule is Fc1cc(F)c(C(Cl)Cc2ccccc2Cl)cc1F. The molecule has 0 aromatic heterocycles. The van der Waals surface area contributed by atoms with Gasteiger partial charge in [0.05, 0.1) is 5.38 Å². The molecular weight excluding hydrogens is 296 g/mol. The Morgan fingerprint density at radius 2 is 1.58 bits per heavy atom. The zero-order valence-corrected chi connectivity index (χ0v) is 11.2. The van der Waals surface area contributed by atoms with E-state index in [1.165, 1.54) is 0 Å². The van der Waals surface area contributed by atoms with Crippen LogP contribution in [-0.2, 0) is 6.42 Å². The fraction of sp³-hybridized carbons (Fsp3) is 0.143. The van der Waals surface area contributed by atoms with Crippen molar-refractivity contribution in [2.75, 3.05) is 0 Å². The van der Waals surface area contributed by atoms with Crippen molar-refractivity contribution in [3.05, 3.63) is 70.0 Å². The first-order valence-corrected chi connectivity index (χ1v) is 6.32. The molecule has 2 rings (SSSR count). The number of rotatable bonds is 3. The van der Waals surface area contributed by atoms with Crippen molar-refractivity contribution in [3.63, 3.8) is 0 Å². The van der Waals surface area contributed by atoms with E-state index in [4.69, 9.17) is 23.2 Å². The molecule has 2 aromatic rings. The zero-order valence-electron chi connectivity index (χ0n) is 9.64. The molecule has 19 heavy (non-hydrogen) atoms. The van der Waals surface area contributed by atoms with Crippen molar-refractivity contribution in [1.82, 2.24) is 0 Å². The van der Waals surface area contributed by atoms with Crippen LogP contribution in [0.3, 0.4) is 0 Å². The second-order valence-corrected chi connectivity index (χ2v) is 4.98. The fourth-order valence-electron chi connectivity index (χ4n) is 1.74. The lowest BCUT2D eigenvalue weighted by atomic mass is 10.0. The molecule has 0 saturated heterocycles. The summed E-state index contributed by atoms with van der Waals surface area (Å²) in [5.41, 5.74) is 0.633. The lowest BCUT2D eigenvalue weighted by Gasteiger charge is -2.12. The van der Waals surface area contributed by atoms with Crippen molar-refractivity contribution in [2.45, 2.75) is 11.8 Å². The predicted molar refractivity (Wildman–Crippen MR) is 70.1 cm³/mol. The first-order chi connectivity index (χ1) is 8.99. The summed E-state index contributed by atoms with van der Waals surface area (Å²) in [6, 6.07) is 8.23. The van der Waals surface area contributed by atoms with Crippen LogP contribution in [0.15, 0.2) is 36.4 Å². The number of alkyl halides is 1. The smallest absolute Gasteiger partial charge is 0.161 e. The Kier molecular flexibility index (Phi) is 4.38. The van der Waals surface area contributed by atoms with E-state index in [9.17, 15) is 13.2 Å². The highest BCUT2D eigenvalue weighted by Gasteiger charge is 2.18. The third-order valence-electron chi connectivity index (χ3n) is 2.73. The summed E-state index contributed by atoms with van der Waals surface area (Å²) in [5.74, 6) is -3.23. The second kappa shape index (κ2) is 5.85. The Morgan fingerprint density at radius 1 is 0.947 bits per heavy atom. The van der Waals surface area contributed by atoms with Crippen LogP contribution in [0, 0.1) is 17.5 Å². The molecule has 0 bridgehead atoms. The Labute approximate surface area is 118 Å². The fourth-order valence-corrected chi connectivity index (χ4v) is 2.29. The lowest BCUT2D eigenvalue weighted by Crippen LogP contribution is -2.02. The molecule has 1 atom stereocenters. The molecule has 0 saturated carbocycles. The summed E-state index contributed by atoms with van der Waals surface area (Å²) in [6.45, 7) is 0. The predicted octanol–water partition coefficient (Wildman–Crippen LogP) is 5.28. The number of hydrogen-bond acceptors (Lipinski definition) is 0. The maximum atomic E-state index is 13.6. The van der Waals surface area contributed by atoms with Gasteiger partial charge < -0.3 is 0 Å². The van der Waals surface area contributed by atoms with Crippen LogP contribution >= 0.6 is 23.2 Å².